The molecule has 1 aromatic heterocycles. The van der Waals surface area contributed by atoms with Gasteiger partial charge in [0.25, 0.3) is 5.56 Å². The molecule has 0 saturated carbocycles. The van der Waals surface area contributed by atoms with Crippen molar-refractivity contribution in [3.63, 3.8) is 0 Å². The molecule has 110 valence electrons. The normalized spacial score (nSPS) is 9.95. The highest BCUT2D eigenvalue weighted by Gasteiger charge is 2.02. The molecule has 1 heterocycles. The molecule has 2 aromatic rings. The molecule has 0 fully saturated rings. The quantitative estimate of drug-likeness (QED) is 0.862. The van der Waals surface area contributed by atoms with Gasteiger partial charge in [-0.2, -0.15) is 5.10 Å². The number of methoxy groups -OCH3 is 1. The number of amides is 2. The zero-order chi connectivity index (χ0) is 15.1. The van der Waals surface area contributed by atoms with E-state index < -0.39 is 0 Å². The summed E-state index contributed by atoms with van der Waals surface area (Å²) in [6.07, 6.45) is 1.53. The van der Waals surface area contributed by atoms with Crippen molar-refractivity contribution in [2.45, 2.75) is 6.54 Å². The molecule has 0 aliphatic heterocycles. The van der Waals surface area contributed by atoms with Crippen LogP contribution in [0.4, 0.5) is 10.5 Å². The number of urea groups is 1. The Hall–Kier alpha value is -2.83. The summed E-state index contributed by atoms with van der Waals surface area (Å²) >= 11 is 0. The van der Waals surface area contributed by atoms with Gasteiger partial charge >= 0.3 is 6.03 Å². The number of rotatable bonds is 5. The molecule has 21 heavy (non-hydrogen) atoms. The SMILES string of the molecule is COc1ccc(NC(=O)NCCn2ncccc2=O)cc1. The highest BCUT2D eigenvalue weighted by molar-refractivity contribution is 5.89. The van der Waals surface area contributed by atoms with E-state index in [-0.39, 0.29) is 11.6 Å². The van der Waals surface area contributed by atoms with Crippen LogP contribution in [0.2, 0.25) is 0 Å². The van der Waals surface area contributed by atoms with Crippen molar-refractivity contribution in [2.24, 2.45) is 0 Å². The van der Waals surface area contributed by atoms with E-state index in [2.05, 4.69) is 15.7 Å². The Balaban J connectivity index is 1.79. The Labute approximate surface area is 121 Å². The van der Waals surface area contributed by atoms with E-state index in [1.54, 1.807) is 37.4 Å². The van der Waals surface area contributed by atoms with E-state index in [4.69, 9.17) is 4.74 Å². The predicted octanol–water partition coefficient (Wildman–Crippen LogP) is 1.07. The summed E-state index contributed by atoms with van der Waals surface area (Å²) in [5.74, 6) is 0.718. The van der Waals surface area contributed by atoms with Gasteiger partial charge in [-0.3, -0.25) is 4.79 Å². The molecule has 0 atom stereocenters. The van der Waals surface area contributed by atoms with Gasteiger partial charge in [-0.15, -0.1) is 0 Å². The number of benzene rings is 1. The zero-order valence-electron chi connectivity index (χ0n) is 11.6. The second-order valence-corrected chi connectivity index (χ2v) is 4.19. The minimum atomic E-state index is -0.343. The Morgan fingerprint density at radius 2 is 2.05 bits per heavy atom. The third kappa shape index (κ3) is 4.34. The first-order valence-electron chi connectivity index (χ1n) is 6.40. The van der Waals surface area contributed by atoms with E-state index >= 15 is 0 Å². The van der Waals surface area contributed by atoms with Crippen LogP contribution in [0.3, 0.4) is 0 Å². The molecule has 0 radical (unpaired) electrons. The van der Waals surface area contributed by atoms with Gasteiger partial charge in [-0.1, -0.05) is 0 Å². The van der Waals surface area contributed by atoms with Gasteiger partial charge in [0.1, 0.15) is 5.75 Å². The van der Waals surface area contributed by atoms with Crippen molar-refractivity contribution in [1.82, 2.24) is 15.1 Å². The lowest BCUT2D eigenvalue weighted by Crippen LogP contribution is -2.34. The standard InChI is InChI=1S/C14H16N4O3/c1-21-12-6-4-11(5-7-12)17-14(20)15-9-10-18-13(19)3-2-8-16-18/h2-8H,9-10H2,1H3,(H2,15,17,20). The molecule has 0 bridgehead atoms. The van der Waals surface area contributed by atoms with E-state index in [1.165, 1.54) is 16.9 Å². The molecule has 0 spiro atoms. The summed E-state index contributed by atoms with van der Waals surface area (Å²) in [6.45, 7) is 0.620. The number of anilines is 1. The smallest absolute Gasteiger partial charge is 0.319 e. The maximum atomic E-state index is 11.7. The van der Waals surface area contributed by atoms with Gasteiger partial charge in [0.2, 0.25) is 0 Å². The molecule has 2 amide bonds. The van der Waals surface area contributed by atoms with Crippen LogP contribution in [-0.4, -0.2) is 29.5 Å². The molecule has 0 saturated heterocycles. The Morgan fingerprint density at radius 1 is 1.29 bits per heavy atom. The summed E-state index contributed by atoms with van der Waals surface area (Å²) in [6, 6.07) is 9.63. The van der Waals surface area contributed by atoms with Gasteiger partial charge in [0, 0.05) is 24.5 Å². The van der Waals surface area contributed by atoms with E-state index in [9.17, 15) is 9.59 Å². The second kappa shape index (κ2) is 7.09. The topological polar surface area (TPSA) is 85.2 Å². The number of carbonyl (C=O) groups excluding carboxylic acids is 1. The van der Waals surface area contributed by atoms with Crippen LogP contribution in [-0.2, 0) is 6.54 Å². The minimum Gasteiger partial charge on any atom is -0.497 e. The summed E-state index contributed by atoms with van der Waals surface area (Å²) in [5, 5.41) is 9.23. The van der Waals surface area contributed by atoms with E-state index in [0.29, 0.717) is 18.8 Å². The summed E-state index contributed by atoms with van der Waals surface area (Å²) in [4.78, 5) is 23.1. The molecule has 0 aliphatic carbocycles. The third-order valence-corrected chi connectivity index (χ3v) is 2.74. The number of ether oxygens (including phenoxy) is 1. The van der Waals surface area contributed by atoms with Gasteiger partial charge in [-0.05, 0) is 30.3 Å². The average Bonchev–Trinajstić information content (AvgIpc) is 2.50. The maximum absolute atomic E-state index is 11.7. The first kappa shape index (κ1) is 14.6. The van der Waals surface area contributed by atoms with Gasteiger partial charge in [0.15, 0.2) is 0 Å². The average molecular weight is 288 g/mol. The predicted molar refractivity (Wildman–Crippen MR) is 78.5 cm³/mol. The van der Waals surface area contributed by atoms with Crippen LogP contribution in [0.25, 0.3) is 0 Å². The van der Waals surface area contributed by atoms with Gasteiger partial charge < -0.3 is 15.4 Å². The molecule has 7 nitrogen and oxygen atoms in total. The Morgan fingerprint density at radius 3 is 2.71 bits per heavy atom. The molecule has 2 N–H and O–H groups in total. The Bertz CT molecular complexity index is 652. The molecule has 0 unspecified atom stereocenters. The molecular weight excluding hydrogens is 272 g/mol. The fourth-order valence-corrected chi connectivity index (χ4v) is 1.68. The van der Waals surface area contributed by atoms with Crippen LogP contribution in [0.5, 0.6) is 5.75 Å². The first-order chi connectivity index (χ1) is 10.2. The van der Waals surface area contributed by atoms with Crippen LogP contribution >= 0.6 is 0 Å². The van der Waals surface area contributed by atoms with E-state index in [1.807, 2.05) is 0 Å². The zero-order valence-corrected chi connectivity index (χ0v) is 11.6. The van der Waals surface area contributed by atoms with Crippen LogP contribution in [0, 0.1) is 0 Å². The number of carbonyl (C=O) groups is 1. The maximum Gasteiger partial charge on any atom is 0.319 e. The fourth-order valence-electron chi connectivity index (χ4n) is 1.68. The lowest BCUT2D eigenvalue weighted by molar-refractivity contribution is 0.251. The largest absolute Gasteiger partial charge is 0.497 e. The summed E-state index contributed by atoms with van der Waals surface area (Å²) in [7, 11) is 1.58. The molecule has 0 aliphatic rings. The highest BCUT2D eigenvalue weighted by Crippen LogP contribution is 2.14. The Kier molecular flexibility index (Phi) is 4.92. The lowest BCUT2D eigenvalue weighted by atomic mass is 10.3. The van der Waals surface area contributed by atoms with Crippen molar-refractivity contribution >= 4 is 11.7 Å². The van der Waals surface area contributed by atoms with Crippen molar-refractivity contribution in [2.75, 3.05) is 19.0 Å². The van der Waals surface area contributed by atoms with Crippen LogP contribution in [0.1, 0.15) is 0 Å². The molecular formula is C14H16N4O3. The second-order valence-electron chi connectivity index (χ2n) is 4.19. The number of hydrogen-bond acceptors (Lipinski definition) is 4. The van der Waals surface area contributed by atoms with Gasteiger partial charge in [0.05, 0.1) is 13.7 Å². The first-order valence-corrected chi connectivity index (χ1v) is 6.40. The van der Waals surface area contributed by atoms with Crippen molar-refractivity contribution < 1.29 is 9.53 Å². The lowest BCUT2D eigenvalue weighted by Gasteiger charge is -2.08. The number of nitrogens with zero attached hydrogens (tertiary/aromatic N) is 2. The number of hydrogen-bond donors (Lipinski definition) is 2. The molecule has 1 aromatic carbocycles. The van der Waals surface area contributed by atoms with Crippen LogP contribution in [0.15, 0.2) is 47.4 Å². The van der Waals surface area contributed by atoms with Gasteiger partial charge in [-0.25, -0.2) is 9.48 Å². The monoisotopic (exact) mass is 288 g/mol. The van der Waals surface area contributed by atoms with Crippen LogP contribution < -0.4 is 20.9 Å². The number of nitrogens with one attached hydrogen (secondary N) is 2. The molecule has 2 rings (SSSR count). The third-order valence-electron chi connectivity index (χ3n) is 2.74. The van der Waals surface area contributed by atoms with Crippen molar-refractivity contribution in [3.8, 4) is 5.75 Å². The fraction of sp³-hybridized carbons (Fsp3) is 0.214. The minimum absolute atomic E-state index is 0.199. The van der Waals surface area contributed by atoms with Crippen molar-refractivity contribution in [3.05, 3.63) is 52.9 Å². The van der Waals surface area contributed by atoms with Crippen molar-refractivity contribution in [1.29, 1.82) is 0 Å². The van der Waals surface area contributed by atoms with E-state index in [0.717, 1.165) is 5.75 Å². The highest BCUT2D eigenvalue weighted by atomic mass is 16.5. The number of aromatic nitrogens is 2. The molecule has 7 heteroatoms. The summed E-state index contributed by atoms with van der Waals surface area (Å²) < 4.78 is 6.32. The summed E-state index contributed by atoms with van der Waals surface area (Å²) in [5.41, 5.74) is 0.457.